The molecule has 2 heterocycles. The number of amides is 1. The highest BCUT2D eigenvalue weighted by atomic mass is 79.9. The zero-order chi connectivity index (χ0) is 21.2. The minimum atomic E-state index is -3.88. The molecule has 1 aromatic heterocycles. The maximum absolute atomic E-state index is 12.8. The van der Waals surface area contributed by atoms with Crippen molar-refractivity contribution in [3.05, 3.63) is 45.8 Å². The largest absolute Gasteiger partial charge is 0.465 e. The lowest BCUT2D eigenvalue weighted by Crippen LogP contribution is -2.26. The molecule has 2 aromatic rings. The normalized spacial score (nSPS) is 16.7. The summed E-state index contributed by atoms with van der Waals surface area (Å²) in [7, 11) is -2.01. The molecular formula is C20H24BrN3O4S. The summed E-state index contributed by atoms with van der Waals surface area (Å²) < 4.78 is 35.8. The van der Waals surface area contributed by atoms with Crippen LogP contribution in [0.25, 0.3) is 0 Å². The summed E-state index contributed by atoms with van der Waals surface area (Å²) in [4.78, 5) is 14.6. The molecular weight excluding hydrogens is 458 g/mol. The Morgan fingerprint density at radius 2 is 1.97 bits per heavy atom. The van der Waals surface area contributed by atoms with Crippen LogP contribution in [0.4, 0.5) is 5.69 Å². The van der Waals surface area contributed by atoms with E-state index in [4.69, 9.17) is 4.42 Å². The van der Waals surface area contributed by atoms with Gasteiger partial charge in [-0.2, -0.15) is 8.42 Å². The maximum atomic E-state index is 12.8. The molecule has 0 radical (unpaired) electrons. The van der Waals surface area contributed by atoms with Crippen LogP contribution in [0.2, 0.25) is 0 Å². The van der Waals surface area contributed by atoms with E-state index in [9.17, 15) is 13.2 Å². The van der Waals surface area contributed by atoms with Crippen molar-refractivity contribution in [2.45, 2.75) is 44.4 Å². The molecule has 1 aromatic carbocycles. The summed E-state index contributed by atoms with van der Waals surface area (Å²) in [5.41, 5.74) is 0.756. The monoisotopic (exact) mass is 481 g/mol. The van der Waals surface area contributed by atoms with Crippen LogP contribution in [0, 0.1) is 13.8 Å². The van der Waals surface area contributed by atoms with Crippen LogP contribution < -0.4 is 5.32 Å². The lowest BCUT2D eigenvalue weighted by molar-refractivity contribution is 0.102. The Morgan fingerprint density at radius 1 is 1.21 bits per heavy atom. The molecule has 0 aliphatic carbocycles. The molecule has 9 heteroatoms. The molecule has 0 saturated carbocycles. The van der Waals surface area contributed by atoms with Crippen LogP contribution in [0.15, 0.2) is 42.4 Å². The predicted molar refractivity (Wildman–Crippen MR) is 116 cm³/mol. The molecule has 7 nitrogen and oxygen atoms in total. The third kappa shape index (κ3) is 4.90. The fourth-order valence-corrected chi connectivity index (χ4v) is 4.96. The van der Waals surface area contributed by atoms with Gasteiger partial charge in [0.25, 0.3) is 15.9 Å². The van der Waals surface area contributed by atoms with Gasteiger partial charge in [0.1, 0.15) is 17.4 Å². The molecule has 1 fully saturated rings. The van der Waals surface area contributed by atoms with Crippen LogP contribution >= 0.6 is 15.9 Å². The number of carbonyl (C=O) groups is 1. The SMILES string of the molecule is Cc1oc(C)c(C(=O)Nc2cccc(S(=O)(=O)/N=C3\CCCCCN3C)c2)c1Br. The van der Waals surface area contributed by atoms with Crippen molar-refractivity contribution in [2.75, 3.05) is 18.9 Å². The van der Waals surface area contributed by atoms with Gasteiger partial charge in [-0.25, -0.2) is 0 Å². The van der Waals surface area contributed by atoms with Gasteiger partial charge in [-0.1, -0.05) is 12.5 Å². The number of hydrogen-bond acceptors (Lipinski definition) is 4. The number of furan rings is 1. The number of aryl methyl sites for hydroxylation is 2. The minimum Gasteiger partial charge on any atom is -0.465 e. The van der Waals surface area contributed by atoms with E-state index in [2.05, 4.69) is 25.6 Å². The third-order valence-electron chi connectivity index (χ3n) is 4.86. The van der Waals surface area contributed by atoms with E-state index in [0.717, 1.165) is 25.8 Å². The summed E-state index contributed by atoms with van der Waals surface area (Å²) in [5.74, 6) is 1.28. The van der Waals surface area contributed by atoms with E-state index in [-0.39, 0.29) is 10.8 Å². The average Bonchev–Trinajstić information content (AvgIpc) is 2.79. The first-order chi connectivity index (χ1) is 13.7. The van der Waals surface area contributed by atoms with Crippen LogP contribution in [-0.4, -0.2) is 38.7 Å². The Balaban J connectivity index is 1.86. The summed E-state index contributed by atoms with van der Waals surface area (Å²) >= 11 is 3.36. The highest BCUT2D eigenvalue weighted by molar-refractivity contribution is 9.10. The van der Waals surface area contributed by atoms with Crippen LogP contribution in [0.3, 0.4) is 0 Å². The van der Waals surface area contributed by atoms with Gasteiger partial charge in [-0.05, 0) is 60.8 Å². The van der Waals surface area contributed by atoms with Gasteiger partial charge in [-0.3, -0.25) is 4.79 Å². The van der Waals surface area contributed by atoms with Crippen molar-refractivity contribution in [3.8, 4) is 0 Å². The molecule has 0 atom stereocenters. The Bertz CT molecular complexity index is 1060. The van der Waals surface area contributed by atoms with Crippen LogP contribution in [-0.2, 0) is 10.0 Å². The van der Waals surface area contributed by atoms with Gasteiger partial charge in [0, 0.05) is 25.7 Å². The zero-order valence-corrected chi connectivity index (χ0v) is 19.1. The summed E-state index contributed by atoms with van der Waals surface area (Å²) in [6.07, 6.45) is 3.65. The van der Waals surface area contributed by atoms with Crippen LogP contribution in [0.5, 0.6) is 0 Å². The van der Waals surface area contributed by atoms with Gasteiger partial charge in [0.05, 0.1) is 14.9 Å². The number of rotatable bonds is 4. The minimum absolute atomic E-state index is 0.0413. The second kappa shape index (κ2) is 8.71. The number of nitrogens with one attached hydrogen (secondary N) is 1. The molecule has 1 N–H and O–H groups in total. The van der Waals surface area contributed by atoms with E-state index in [1.165, 1.54) is 12.1 Å². The molecule has 0 bridgehead atoms. The van der Waals surface area contributed by atoms with E-state index in [0.29, 0.717) is 39.5 Å². The lowest BCUT2D eigenvalue weighted by Gasteiger charge is -2.17. The summed E-state index contributed by atoms with van der Waals surface area (Å²) in [5, 5.41) is 2.74. The highest BCUT2D eigenvalue weighted by Crippen LogP contribution is 2.28. The number of benzene rings is 1. The molecule has 0 unspecified atom stereocenters. The number of amidine groups is 1. The first-order valence-electron chi connectivity index (χ1n) is 9.41. The number of sulfonamides is 1. The second-order valence-corrected chi connectivity index (χ2v) is 9.50. The van der Waals surface area contributed by atoms with Gasteiger partial charge in [0.15, 0.2) is 0 Å². The Hall–Kier alpha value is -2.13. The van der Waals surface area contributed by atoms with Gasteiger partial charge >= 0.3 is 0 Å². The van der Waals surface area contributed by atoms with Gasteiger partial charge in [0.2, 0.25) is 0 Å². The number of halogens is 1. The van der Waals surface area contributed by atoms with Crippen molar-refractivity contribution in [3.63, 3.8) is 0 Å². The van der Waals surface area contributed by atoms with Gasteiger partial charge < -0.3 is 14.6 Å². The standard InChI is InChI=1S/C20H24BrN3O4S/c1-13-18(19(21)14(2)28-13)20(25)22-15-8-7-9-16(12-15)29(26,27)23-17-10-5-4-6-11-24(17)3/h7-9,12H,4-6,10-11H2,1-3H3,(H,22,25)/b23-17+. The number of likely N-dealkylation sites (tertiary alicyclic amines) is 1. The molecule has 29 heavy (non-hydrogen) atoms. The van der Waals surface area contributed by atoms with Crippen molar-refractivity contribution in [1.29, 1.82) is 0 Å². The fourth-order valence-electron chi connectivity index (χ4n) is 3.28. The summed E-state index contributed by atoms with van der Waals surface area (Å²) in [6.45, 7) is 4.25. The zero-order valence-electron chi connectivity index (χ0n) is 16.7. The van der Waals surface area contributed by atoms with Crippen LogP contribution in [0.1, 0.15) is 47.6 Å². The smallest absolute Gasteiger partial charge is 0.284 e. The predicted octanol–water partition coefficient (Wildman–Crippen LogP) is 4.50. The Morgan fingerprint density at radius 3 is 2.66 bits per heavy atom. The van der Waals surface area contributed by atoms with E-state index < -0.39 is 10.0 Å². The molecule has 1 saturated heterocycles. The number of hydrogen-bond donors (Lipinski definition) is 1. The molecule has 0 spiro atoms. The van der Waals surface area contributed by atoms with E-state index in [1.54, 1.807) is 26.0 Å². The summed E-state index contributed by atoms with van der Waals surface area (Å²) in [6, 6.07) is 6.12. The number of carbonyl (C=O) groups excluding carboxylic acids is 1. The number of nitrogens with zero attached hydrogens (tertiary/aromatic N) is 2. The average molecular weight is 482 g/mol. The molecule has 3 rings (SSSR count). The fraction of sp³-hybridized carbons (Fsp3) is 0.400. The first-order valence-corrected chi connectivity index (χ1v) is 11.6. The highest BCUT2D eigenvalue weighted by Gasteiger charge is 2.22. The first kappa shape index (κ1) is 21.6. The lowest BCUT2D eigenvalue weighted by atomic mass is 10.2. The third-order valence-corrected chi connectivity index (χ3v) is 7.12. The van der Waals surface area contributed by atoms with Crippen molar-refractivity contribution in [2.24, 2.45) is 4.40 Å². The maximum Gasteiger partial charge on any atom is 0.284 e. The Kier molecular flexibility index (Phi) is 6.48. The number of anilines is 1. The van der Waals surface area contributed by atoms with E-state index >= 15 is 0 Å². The van der Waals surface area contributed by atoms with Crippen molar-refractivity contribution >= 4 is 43.4 Å². The quantitative estimate of drug-likeness (QED) is 0.693. The van der Waals surface area contributed by atoms with Crippen molar-refractivity contribution in [1.82, 2.24) is 4.90 Å². The molecule has 1 aliphatic heterocycles. The van der Waals surface area contributed by atoms with E-state index in [1.807, 2.05) is 11.9 Å². The van der Waals surface area contributed by atoms with Gasteiger partial charge in [-0.15, -0.1) is 4.40 Å². The topological polar surface area (TPSA) is 92.0 Å². The molecule has 1 amide bonds. The molecule has 156 valence electrons. The van der Waals surface area contributed by atoms with Crippen molar-refractivity contribution < 1.29 is 17.6 Å². The Labute approximate surface area is 179 Å². The molecule has 1 aliphatic rings. The second-order valence-electron chi connectivity index (χ2n) is 7.10.